The standard InChI is InChI=1S/C16H21NO4/c1-10(19)17-13-5-4-12-14(20-2)6-7-15(21-3)16(12)11(13)8-9-18/h6-7,9,11,13H,4-5,8H2,1-3H3,(H,17,19). The van der Waals surface area contributed by atoms with E-state index in [1.165, 1.54) is 6.92 Å². The van der Waals surface area contributed by atoms with Crippen molar-refractivity contribution in [2.75, 3.05) is 14.2 Å². The minimum Gasteiger partial charge on any atom is -0.496 e. The average Bonchev–Trinajstić information content (AvgIpc) is 2.47. The fourth-order valence-corrected chi connectivity index (χ4v) is 3.18. The molecule has 0 radical (unpaired) electrons. The molecule has 114 valence electrons. The van der Waals surface area contributed by atoms with E-state index < -0.39 is 0 Å². The maximum Gasteiger partial charge on any atom is 0.217 e. The predicted octanol–water partition coefficient (Wildman–Crippen LogP) is 1.83. The van der Waals surface area contributed by atoms with Crippen molar-refractivity contribution < 1.29 is 19.1 Å². The zero-order valence-electron chi connectivity index (χ0n) is 12.6. The Morgan fingerprint density at radius 1 is 1.33 bits per heavy atom. The van der Waals surface area contributed by atoms with Crippen molar-refractivity contribution >= 4 is 12.2 Å². The Labute approximate surface area is 124 Å². The molecular formula is C16H21NO4. The van der Waals surface area contributed by atoms with Gasteiger partial charge in [0.25, 0.3) is 0 Å². The molecule has 0 aliphatic heterocycles. The van der Waals surface area contributed by atoms with Crippen molar-refractivity contribution in [3.63, 3.8) is 0 Å². The quantitative estimate of drug-likeness (QED) is 0.841. The second-order valence-electron chi connectivity index (χ2n) is 5.22. The van der Waals surface area contributed by atoms with Crippen molar-refractivity contribution in [3.05, 3.63) is 23.3 Å². The van der Waals surface area contributed by atoms with E-state index in [-0.39, 0.29) is 17.9 Å². The Morgan fingerprint density at radius 3 is 2.57 bits per heavy atom. The number of ether oxygens (including phenoxy) is 2. The Balaban J connectivity index is 2.50. The maximum atomic E-state index is 11.4. The van der Waals surface area contributed by atoms with Crippen molar-refractivity contribution in [2.24, 2.45) is 0 Å². The Bertz CT molecular complexity index is 541. The molecule has 0 saturated heterocycles. The van der Waals surface area contributed by atoms with Gasteiger partial charge in [0.15, 0.2) is 0 Å². The summed E-state index contributed by atoms with van der Waals surface area (Å²) >= 11 is 0. The topological polar surface area (TPSA) is 64.6 Å². The van der Waals surface area contributed by atoms with Crippen LogP contribution < -0.4 is 14.8 Å². The molecule has 2 unspecified atom stereocenters. The number of rotatable bonds is 5. The highest BCUT2D eigenvalue weighted by Crippen LogP contribution is 2.43. The lowest BCUT2D eigenvalue weighted by Gasteiger charge is -2.34. The minimum atomic E-state index is -0.0831. The van der Waals surface area contributed by atoms with Crippen LogP contribution in [0.2, 0.25) is 0 Å². The average molecular weight is 291 g/mol. The Kier molecular flexibility index (Phi) is 4.83. The summed E-state index contributed by atoms with van der Waals surface area (Å²) in [4.78, 5) is 22.5. The highest BCUT2D eigenvalue weighted by Gasteiger charge is 2.34. The SMILES string of the molecule is COc1ccc(OC)c2c1CCC(NC(C)=O)C2CC=O. The van der Waals surface area contributed by atoms with E-state index in [0.29, 0.717) is 6.42 Å². The highest BCUT2D eigenvalue weighted by molar-refractivity contribution is 5.73. The van der Waals surface area contributed by atoms with Gasteiger partial charge < -0.3 is 19.6 Å². The number of hydrogen-bond acceptors (Lipinski definition) is 4. The van der Waals surface area contributed by atoms with Gasteiger partial charge in [0.2, 0.25) is 5.91 Å². The first-order valence-corrected chi connectivity index (χ1v) is 7.06. The van der Waals surface area contributed by atoms with Gasteiger partial charge in [0, 0.05) is 36.4 Å². The molecule has 5 heteroatoms. The summed E-state index contributed by atoms with van der Waals surface area (Å²) in [6, 6.07) is 3.68. The van der Waals surface area contributed by atoms with Gasteiger partial charge in [-0.2, -0.15) is 0 Å². The molecule has 0 heterocycles. The minimum absolute atomic E-state index is 0.0544. The van der Waals surface area contributed by atoms with Crippen LogP contribution in [-0.4, -0.2) is 32.5 Å². The Morgan fingerprint density at radius 2 is 2.00 bits per heavy atom. The summed E-state index contributed by atoms with van der Waals surface area (Å²) < 4.78 is 10.9. The normalized spacial score (nSPS) is 20.3. The van der Waals surface area contributed by atoms with Crippen molar-refractivity contribution in [1.29, 1.82) is 0 Å². The molecular weight excluding hydrogens is 270 g/mol. The number of fused-ring (bicyclic) bond motifs is 1. The van der Waals surface area contributed by atoms with E-state index in [0.717, 1.165) is 41.8 Å². The molecule has 1 aromatic carbocycles. The monoisotopic (exact) mass is 291 g/mol. The summed E-state index contributed by atoms with van der Waals surface area (Å²) in [6.07, 6.45) is 2.82. The zero-order chi connectivity index (χ0) is 15.4. The molecule has 0 saturated carbocycles. The van der Waals surface area contributed by atoms with Crippen LogP contribution in [-0.2, 0) is 16.0 Å². The molecule has 0 aromatic heterocycles. The van der Waals surface area contributed by atoms with Gasteiger partial charge in [0.05, 0.1) is 14.2 Å². The molecule has 1 aliphatic carbocycles. The van der Waals surface area contributed by atoms with Gasteiger partial charge in [-0.3, -0.25) is 4.79 Å². The van der Waals surface area contributed by atoms with E-state index in [4.69, 9.17) is 9.47 Å². The van der Waals surface area contributed by atoms with E-state index in [1.54, 1.807) is 14.2 Å². The number of methoxy groups -OCH3 is 2. The lowest BCUT2D eigenvalue weighted by atomic mass is 9.76. The largest absolute Gasteiger partial charge is 0.496 e. The molecule has 2 atom stereocenters. The van der Waals surface area contributed by atoms with Crippen LogP contribution in [0.4, 0.5) is 0 Å². The van der Waals surface area contributed by atoms with Gasteiger partial charge in [-0.05, 0) is 25.0 Å². The van der Waals surface area contributed by atoms with E-state index in [1.807, 2.05) is 12.1 Å². The molecule has 0 bridgehead atoms. The molecule has 1 N–H and O–H groups in total. The first-order valence-electron chi connectivity index (χ1n) is 7.06. The van der Waals surface area contributed by atoms with Gasteiger partial charge >= 0.3 is 0 Å². The smallest absolute Gasteiger partial charge is 0.217 e. The van der Waals surface area contributed by atoms with E-state index >= 15 is 0 Å². The Hall–Kier alpha value is -2.04. The first kappa shape index (κ1) is 15.4. The lowest BCUT2D eigenvalue weighted by molar-refractivity contribution is -0.120. The summed E-state index contributed by atoms with van der Waals surface area (Å²) in [5, 5.41) is 2.95. The van der Waals surface area contributed by atoms with Crippen LogP contribution in [0.15, 0.2) is 12.1 Å². The number of carbonyl (C=O) groups is 2. The number of amides is 1. The fourth-order valence-electron chi connectivity index (χ4n) is 3.18. The van der Waals surface area contributed by atoms with E-state index in [9.17, 15) is 9.59 Å². The van der Waals surface area contributed by atoms with E-state index in [2.05, 4.69) is 5.32 Å². The summed E-state index contributed by atoms with van der Waals surface area (Å²) in [5.41, 5.74) is 2.05. The molecule has 5 nitrogen and oxygen atoms in total. The number of hydrogen-bond donors (Lipinski definition) is 1. The van der Waals surface area contributed by atoms with Gasteiger partial charge in [-0.25, -0.2) is 0 Å². The number of aldehydes is 1. The molecule has 1 amide bonds. The first-order chi connectivity index (χ1) is 10.1. The predicted molar refractivity (Wildman–Crippen MR) is 78.9 cm³/mol. The van der Waals surface area contributed by atoms with Gasteiger partial charge in [-0.15, -0.1) is 0 Å². The molecule has 1 aliphatic rings. The lowest BCUT2D eigenvalue weighted by Crippen LogP contribution is -2.41. The van der Waals surface area contributed by atoms with Crippen LogP contribution in [0.25, 0.3) is 0 Å². The van der Waals surface area contributed by atoms with Crippen LogP contribution in [0.3, 0.4) is 0 Å². The summed E-state index contributed by atoms with van der Waals surface area (Å²) in [6.45, 7) is 1.50. The third-order valence-electron chi connectivity index (χ3n) is 4.01. The van der Waals surface area contributed by atoms with Crippen LogP contribution in [0.5, 0.6) is 11.5 Å². The number of benzene rings is 1. The van der Waals surface area contributed by atoms with Gasteiger partial charge in [-0.1, -0.05) is 0 Å². The second kappa shape index (κ2) is 6.61. The summed E-state index contributed by atoms with van der Waals surface area (Å²) in [5.74, 6) is 1.39. The van der Waals surface area contributed by atoms with Crippen LogP contribution >= 0.6 is 0 Å². The van der Waals surface area contributed by atoms with Crippen LogP contribution in [0, 0.1) is 0 Å². The molecule has 2 rings (SSSR count). The fraction of sp³-hybridized carbons (Fsp3) is 0.500. The van der Waals surface area contributed by atoms with Crippen LogP contribution in [0.1, 0.15) is 36.8 Å². The number of carbonyl (C=O) groups excluding carboxylic acids is 2. The van der Waals surface area contributed by atoms with Crippen molar-refractivity contribution in [2.45, 2.75) is 38.1 Å². The second-order valence-corrected chi connectivity index (χ2v) is 5.22. The maximum absolute atomic E-state index is 11.4. The third-order valence-corrected chi connectivity index (χ3v) is 4.01. The molecule has 1 aromatic rings. The molecule has 21 heavy (non-hydrogen) atoms. The molecule has 0 spiro atoms. The third kappa shape index (κ3) is 3.01. The van der Waals surface area contributed by atoms with Crippen molar-refractivity contribution in [3.8, 4) is 11.5 Å². The van der Waals surface area contributed by atoms with Crippen molar-refractivity contribution in [1.82, 2.24) is 5.32 Å². The highest BCUT2D eigenvalue weighted by atomic mass is 16.5. The van der Waals surface area contributed by atoms with Gasteiger partial charge in [0.1, 0.15) is 17.8 Å². The number of nitrogens with one attached hydrogen (secondary N) is 1. The summed E-state index contributed by atoms with van der Waals surface area (Å²) in [7, 11) is 3.25. The molecule has 0 fully saturated rings. The zero-order valence-corrected chi connectivity index (χ0v) is 12.6.